The molecule has 1 N–H and O–H groups in total. The first-order chi connectivity index (χ1) is 11.2. The number of aromatic nitrogens is 1. The Balaban J connectivity index is 1.83. The van der Waals surface area contributed by atoms with Crippen molar-refractivity contribution < 1.29 is 13.8 Å². The molecular formula is C15H10N4O4. The van der Waals surface area contributed by atoms with Crippen molar-refractivity contribution in [1.29, 1.82) is 5.26 Å². The van der Waals surface area contributed by atoms with Gasteiger partial charge in [-0.1, -0.05) is 0 Å². The summed E-state index contributed by atoms with van der Waals surface area (Å²) in [5, 5.41) is 22.7. The van der Waals surface area contributed by atoms with Crippen LogP contribution < -0.4 is 5.32 Å². The summed E-state index contributed by atoms with van der Waals surface area (Å²) in [4.78, 5) is 14.2. The molecule has 0 aliphatic heterocycles. The van der Waals surface area contributed by atoms with Crippen LogP contribution in [0.5, 0.6) is 0 Å². The maximum atomic E-state index is 10.7. The summed E-state index contributed by atoms with van der Waals surface area (Å²) in [5.74, 6) is 1.11. The summed E-state index contributed by atoms with van der Waals surface area (Å²) in [6.07, 6.45) is 1.55. The molecule has 0 saturated carbocycles. The lowest BCUT2D eigenvalue weighted by atomic mass is 10.2. The minimum absolute atomic E-state index is 0.0306. The van der Waals surface area contributed by atoms with E-state index < -0.39 is 4.92 Å². The number of nitriles is 1. The lowest BCUT2D eigenvalue weighted by Crippen LogP contribution is -1.98. The van der Waals surface area contributed by atoms with E-state index in [-0.39, 0.29) is 23.2 Å². The topological polar surface area (TPSA) is 118 Å². The Kier molecular flexibility index (Phi) is 3.76. The average molecular weight is 310 g/mol. The normalized spacial score (nSPS) is 10.2. The molecule has 2 heterocycles. The number of non-ortho nitro benzene ring substituents is 1. The Morgan fingerprint density at radius 2 is 2.09 bits per heavy atom. The fourth-order valence-electron chi connectivity index (χ4n) is 1.95. The molecule has 0 unspecified atom stereocenters. The van der Waals surface area contributed by atoms with Gasteiger partial charge in [-0.2, -0.15) is 10.2 Å². The number of furan rings is 1. The van der Waals surface area contributed by atoms with Gasteiger partial charge < -0.3 is 14.2 Å². The first-order valence-electron chi connectivity index (χ1n) is 6.59. The zero-order valence-electron chi connectivity index (χ0n) is 11.7. The molecule has 0 bridgehead atoms. The van der Waals surface area contributed by atoms with Crippen molar-refractivity contribution >= 4 is 11.6 Å². The fraction of sp³-hybridized carbons (Fsp3) is 0.0667. The summed E-state index contributed by atoms with van der Waals surface area (Å²) in [7, 11) is 0. The first-order valence-corrected chi connectivity index (χ1v) is 6.59. The molecule has 0 atom stereocenters. The van der Waals surface area contributed by atoms with Crippen LogP contribution in [-0.4, -0.2) is 9.91 Å². The largest absolute Gasteiger partial charge is 0.467 e. The van der Waals surface area contributed by atoms with Gasteiger partial charge in [-0.25, -0.2) is 0 Å². The van der Waals surface area contributed by atoms with Gasteiger partial charge in [0.25, 0.3) is 5.69 Å². The van der Waals surface area contributed by atoms with Crippen molar-refractivity contribution in [3.8, 4) is 17.5 Å². The van der Waals surface area contributed by atoms with E-state index >= 15 is 0 Å². The highest BCUT2D eigenvalue weighted by atomic mass is 16.6. The first kappa shape index (κ1) is 14.3. The summed E-state index contributed by atoms with van der Waals surface area (Å²) in [5.41, 5.74) is 0.611. The number of benzene rings is 1. The third-order valence-corrected chi connectivity index (χ3v) is 3.06. The van der Waals surface area contributed by atoms with E-state index in [0.29, 0.717) is 17.9 Å². The smallest absolute Gasteiger partial charge is 0.269 e. The quantitative estimate of drug-likeness (QED) is 0.567. The van der Waals surface area contributed by atoms with Crippen molar-refractivity contribution in [2.45, 2.75) is 6.54 Å². The highest BCUT2D eigenvalue weighted by molar-refractivity contribution is 5.60. The van der Waals surface area contributed by atoms with Crippen molar-refractivity contribution in [1.82, 2.24) is 4.98 Å². The number of hydrogen-bond acceptors (Lipinski definition) is 7. The molecule has 3 rings (SSSR count). The Bertz CT molecular complexity index is 860. The van der Waals surface area contributed by atoms with Crippen LogP contribution in [0.2, 0.25) is 0 Å². The second kappa shape index (κ2) is 6.03. The molecule has 0 amide bonds. The second-order valence-corrected chi connectivity index (χ2v) is 4.55. The van der Waals surface area contributed by atoms with Gasteiger partial charge in [-0.15, -0.1) is 0 Å². The van der Waals surface area contributed by atoms with Gasteiger partial charge in [-0.05, 0) is 24.3 Å². The number of nitrogens with one attached hydrogen (secondary N) is 1. The van der Waals surface area contributed by atoms with Crippen LogP contribution in [0.15, 0.2) is 51.5 Å². The van der Waals surface area contributed by atoms with Gasteiger partial charge in [0.15, 0.2) is 0 Å². The maximum absolute atomic E-state index is 10.7. The molecule has 1 aromatic carbocycles. The number of nitro benzene ring substituents is 1. The molecule has 0 spiro atoms. The van der Waals surface area contributed by atoms with Gasteiger partial charge in [-0.3, -0.25) is 10.1 Å². The predicted molar refractivity (Wildman–Crippen MR) is 79.3 cm³/mol. The fourth-order valence-corrected chi connectivity index (χ4v) is 1.95. The van der Waals surface area contributed by atoms with Crippen LogP contribution in [0.1, 0.15) is 11.5 Å². The minimum Gasteiger partial charge on any atom is -0.467 e. The van der Waals surface area contributed by atoms with E-state index in [9.17, 15) is 10.1 Å². The molecule has 3 aromatic rings. The van der Waals surface area contributed by atoms with E-state index in [2.05, 4.69) is 10.3 Å². The molecule has 0 fully saturated rings. The number of rotatable bonds is 5. The molecule has 23 heavy (non-hydrogen) atoms. The van der Waals surface area contributed by atoms with E-state index in [1.54, 1.807) is 18.4 Å². The standard InChI is InChI=1S/C15H10N4O4/c16-8-13-15(17-9-12-2-1-7-22-12)23-14(18-13)10-3-5-11(6-4-10)19(20)21/h1-7,17H,9H2. The van der Waals surface area contributed by atoms with Crippen LogP contribution in [-0.2, 0) is 6.54 Å². The molecular weight excluding hydrogens is 300 g/mol. The number of oxazole rings is 1. The van der Waals surface area contributed by atoms with Gasteiger partial charge in [0, 0.05) is 17.7 Å². The minimum atomic E-state index is -0.490. The molecule has 8 nitrogen and oxygen atoms in total. The van der Waals surface area contributed by atoms with Crippen LogP contribution in [0.25, 0.3) is 11.5 Å². The van der Waals surface area contributed by atoms with E-state index in [1.807, 2.05) is 6.07 Å². The molecule has 0 radical (unpaired) electrons. The van der Waals surface area contributed by atoms with Gasteiger partial charge in [0.2, 0.25) is 17.5 Å². The van der Waals surface area contributed by atoms with Crippen molar-refractivity contribution in [2.24, 2.45) is 0 Å². The number of nitro groups is 1. The average Bonchev–Trinajstić information content (AvgIpc) is 3.22. The SMILES string of the molecule is N#Cc1nc(-c2ccc([N+](=O)[O-])cc2)oc1NCc1ccco1. The van der Waals surface area contributed by atoms with Crippen LogP contribution in [0.4, 0.5) is 11.6 Å². The predicted octanol–water partition coefficient (Wildman–Crippen LogP) is 3.33. The zero-order valence-corrected chi connectivity index (χ0v) is 11.7. The van der Waals surface area contributed by atoms with Crippen LogP contribution in [0, 0.1) is 21.4 Å². The molecule has 8 heteroatoms. The van der Waals surface area contributed by atoms with Gasteiger partial charge >= 0.3 is 0 Å². The summed E-state index contributed by atoms with van der Waals surface area (Å²) in [6.45, 7) is 0.344. The summed E-state index contributed by atoms with van der Waals surface area (Å²) >= 11 is 0. The third-order valence-electron chi connectivity index (χ3n) is 3.06. The lowest BCUT2D eigenvalue weighted by Gasteiger charge is -1.99. The van der Waals surface area contributed by atoms with Gasteiger partial charge in [0.1, 0.15) is 11.8 Å². The van der Waals surface area contributed by atoms with E-state index in [0.717, 1.165) is 0 Å². The number of anilines is 1. The Morgan fingerprint density at radius 3 is 2.70 bits per heavy atom. The zero-order chi connectivity index (χ0) is 16.2. The van der Waals surface area contributed by atoms with Gasteiger partial charge in [0.05, 0.1) is 17.7 Å². The number of nitrogens with zero attached hydrogens (tertiary/aromatic N) is 3. The second-order valence-electron chi connectivity index (χ2n) is 4.55. The monoisotopic (exact) mass is 310 g/mol. The van der Waals surface area contributed by atoms with Crippen molar-refractivity contribution in [2.75, 3.05) is 5.32 Å². The Labute approximate surface area is 130 Å². The van der Waals surface area contributed by atoms with E-state index in [4.69, 9.17) is 14.1 Å². The third kappa shape index (κ3) is 3.03. The highest BCUT2D eigenvalue weighted by Gasteiger charge is 2.15. The Hall–Kier alpha value is -3.60. The number of hydrogen-bond donors (Lipinski definition) is 1. The molecule has 114 valence electrons. The summed E-state index contributed by atoms with van der Waals surface area (Å²) in [6, 6.07) is 11.2. The van der Waals surface area contributed by atoms with Crippen LogP contribution >= 0.6 is 0 Å². The maximum Gasteiger partial charge on any atom is 0.269 e. The van der Waals surface area contributed by atoms with Crippen LogP contribution in [0.3, 0.4) is 0 Å². The molecule has 0 aliphatic rings. The molecule has 0 aliphatic carbocycles. The van der Waals surface area contributed by atoms with E-state index in [1.165, 1.54) is 24.3 Å². The van der Waals surface area contributed by atoms with Crippen molar-refractivity contribution in [3.63, 3.8) is 0 Å². The van der Waals surface area contributed by atoms with Crippen molar-refractivity contribution in [3.05, 3.63) is 64.2 Å². The highest BCUT2D eigenvalue weighted by Crippen LogP contribution is 2.27. The molecule has 0 saturated heterocycles. The summed E-state index contributed by atoms with van der Waals surface area (Å²) < 4.78 is 10.7. The lowest BCUT2D eigenvalue weighted by molar-refractivity contribution is -0.384. The molecule has 2 aromatic heterocycles. The Morgan fingerprint density at radius 1 is 1.30 bits per heavy atom.